The van der Waals surface area contributed by atoms with E-state index in [4.69, 9.17) is 4.42 Å². The summed E-state index contributed by atoms with van der Waals surface area (Å²) >= 11 is 0. The number of furan rings is 1. The van der Waals surface area contributed by atoms with Crippen molar-refractivity contribution in [2.45, 2.75) is 57.2 Å². The first-order valence-electron chi connectivity index (χ1n) is 7.33. The van der Waals surface area contributed by atoms with E-state index in [-0.39, 0.29) is 0 Å². The number of hydrogen-bond donors (Lipinski definition) is 1. The van der Waals surface area contributed by atoms with Crippen LogP contribution < -0.4 is 5.32 Å². The van der Waals surface area contributed by atoms with Crippen molar-refractivity contribution in [2.24, 2.45) is 0 Å². The van der Waals surface area contributed by atoms with Gasteiger partial charge in [0.2, 0.25) is 0 Å². The van der Waals surface area contributed by atoms with Crippen LogP contribution in [0.1, 0.15) is 44.8 Å². The number of nitrogens with zero attached hydrogens (tertiary/aromatic N) is 1. The lowest BCUT2D eigenvalue weighted by Gasteiger charge is -2.46. The summed E-state index contributed by atoms with van der Waals surface area (Å²) in [6.07, 6.45) is 8.46. The van der Waals surface area contributed by atoms with Gasteiger partial charge in [0.25, 0.3) is 0 Å². The summed E-state index contributed by atoms with van der Waals surface area (Å²) in [5.74, 6) is 1.10. The molecule has 1 saturated heterocycles. The predicted molar refractivity (Wildman–Crippen MR) is 72.4 cm³/mol. The summed E-state index contributed by atoms with van der Waals surface area (Å²) in [6.45, 7) is 5.58. The Morgan fingerprint density at radius 1 is 1.44 bits per heavy atom. The fourth-order valence-electron chi connectivity index (χ4n) is 3.61. The predicted octanol–water partition coefficient (Wildman–Crippen LogP) is 2.78. The average molecular weight is 248 g/mol. The van der Waals surface area contributed by atoms with Crippen molar-refractivity contribution in [3.63, 3.8) is 0 Å². The Balaban J connectivity index is 1.71. The largest absolute Gasteiger partial charge is 0.468 e. The molecule has 2 aliphatic rings. The van der Waals surface area contributed by atoms with E-state index in [1.165, 1.54) is 38.6 Å². The topological polar surface area (TPSA) is 28.4 Å². The molecule has 0 amide bonds. The van der Waals surface area contributed by atoms with Crippen LogP contribution in [0.4, 0.5) is 0 Å². The summed E-state index contributed by atoms with van der Waals surface area (Å²) in [7, 11) is 0. The molecule has 3 nitrogen and oxygen atoms in total. The van der Waals surface area contributed by atoms with Crippen LogP contribution in [0.2, 0.25) is 0 Å². The number of hydrogen-bond acceptors (Lipinski definition) is 3. The van der Waals surface area contributed by atoms with E-state index in [0.717, 1.165) is 18.8 Å². The average Bonchev–Trinajstić information content (AvgIpc) is 3.02. The van der Waals surface area contributed by atoms with Crippen molar-refractivity contribution in [2.75, 3.05) is 13.1 Å². The Kier molecular flexibility index (Phi) is 3.44. The first-order valence-corrected chi connectivity index (χ1v) is 7.33. The van der Waals surface area contributed by atoms with E-state index in [1.54, 1.807) is 6.26 Å². The Morgan fingerprint density at radius 2 is 2.28 bits per heavy atom. The van der Waals surface area contributed by atoms with Gasteiger partial charge < -0.3 is 9.73 Å². The molecule has 1 saturated carbocycles. The molecule has 1 spiro atoms. The number of piperazine rings is 1. The second-order valence-electron chi connectivity index (χ2n) is 5.91. The highest BCUT2D eigenvalue weighted by atomic mass is 16.3. The maximum atomic E-state index is 5.52. The van der Waals surface area contributed by atoms with Crippen LogP contribution in [0.25, 0.3) is 0 Å². The summed E-state index contributed by atoms with van der Waals surface area (Å²) in [4.78, 5) is 2.63. The molecule has 1 aromatic heterocycles. The molecule has 2 fully saturated rings. The van der Waals surface area contributed by atoms with Crippen LogP contribution in [0.15, 0.2) is 22.8 Å². The Labute approximate surface area is 110 Å². The lowest BCUT2D eigenvalue weighted by Crippen LogP contribution is -2.62. The minimum Gasteiger partial charge on any atom is -0.468 e. The highest BCUT2D eigenvalue weighted by Crippen LogP contribution is 2.34. The molecule has 2 heterocycles. The quantitative estimate of drug-likeness (QED) is 0.891. The van der Waals surface area contributed by atoms with Crippen molar-refractivity contribution in [1.29, 1.82) is 0 Å². The second kappa shape index (κ2) is 5.06. The molecule has 1 atom stereocenters. The Hall–Kier alpha value is -0.800. The normalized spacial score (nSPS) is 27.9. The van der Waals surface area contributed by atoms with Crippen molar-refractivity contribution in [1.82, 2.24) is 10.2 Å². The Bertz CT molecular complexity index is 368. The second-order valence-corrected chi connectivity index (χ2v) is 5.91. The molecule has 1 aliphatic heterocycles. The van der Waals surface area contributed by atoms with Gasteiger partial charge in [-0.1, -0.05) is 19.8 Å². The summed E-state index contributed by atoms with van der Waals surface area (Å²) in [5, 5.41) is 3.83. The molecule has 0 bridgehead atoms. The maximum Gasteiger partial charge on any atom is 0.117 e. The summed E-state index contributed by atoms with van der Waals surface area (Å²) < 4.78 is 5.52. The molecule has 0 aromatic carbocycles. The van der Waals surface area contributed by atoms with Crippen molar-refractivity contribution in [3.8, 4) is 0 Å². The Morgan fingerprint density at radius 3 is 2.94 bits per heavy atom. The van der Waals surface area contributed by atoms with Crippen LogP contribution in [0, 0.1) is 0 Å². The number of rotatable bonds is 3. The zero-order valence-electron chi connectivity index (χ0n) is 11.3. The third kappa shape index (κ3) is 2.34. The van der Waals surface area contributed by atoms with Crippen LogP contribution in [0.5, 0.6) is 0 Å². The lowest BCUT2D eigenvalue weighted by molar-refractivity contribution is 0.0660. The molecule has 18 heavy (non-hydrogen) atoms. The summed E-state index contributed by atoms with van der Waals surface area (Å²) in [6, 6.07) is 4.74. The van der Waals surface area contributed by atoms with Gasteiger partial charge in [0.1, 0.15) is 5.76 Å². The van der Waals surface area contributed by atoms with Crippen molar-refractivity contribution in [3.05, 3.63) is 24.2 Å². The molecular weight excluding hydrogens is 224 g/mol. The zero-order valence-corrected chi connectivity index (χ0v) is 11.3. The monoisotopic (exact) mass is 248 g/mol. The van der Waals surface area contributed by atoms with Crippen LogP contribution in [-0.2, 0) is 6.54 Å². The van der Waals surface area contributed by atoms with E-state index < -0.39 is 0 Å². The molecule has 1 N–H and O–H groups in total. The highest BCUT2D eigenvalue weighted by Gasteiger charge is 2.40. The lowest BCUT2D eigenvalue weighted by atomic mass is 9.91. The van der Waals surface area contributed by atoms with Crippen LogP contribution in [0.3, 0.4) is 0 Å². The smallest absolute Gasteiger partial charge is 0.117 e. The van der Waals surface area contributed by atoms with Gasteiger partial charge in [-0.05, 0) is 31.4 Å². The van der Waals surface area contributed by atoms with Gasteiger partial charge in [0, 0.05) is 24.7 Å². The van der Waals surface area contributed by atoms with Crippen molar-refractivity contribution >= 4 is 0 Å². The number of nitrogens with one attached hydrogen (secondary N) is 1. The third-order valence-electron chi connectivity index (χ3n) is 4.71. The van der Waals surface area contributed by atoms with Gasteiger partial charge in [0.05, 0.1) is 12.8 Å². The van der Waals surface area contributed by atoms with Gasteiger partial charge in [0.15, 0.2) is 0 Å². The van der Waals surface area contributed by atoms with E-state index in [9.17, 15) is 0 Å². The highest BCUT2D eigenvalue weighted by molar-refractivity contribution is 5.04. The minimum absolute atomic E-state index is 0.401. The first kappa shape index (κ1) is 12.2. The minimum atomic E-state index is 0.401. The van der Waals surface area contributed by atoms with Crippen molar-refractivity contribution < 1.29 is 4.42 Å². The maximum absolute atomic E-state index is 5.52. The fourth-order valence-corrected chi connectivity index (χ4v) is 3.61. The molecule has 1 aliphatic carbocycles. The van der Waals surface area contributed by atoms with Crippen LogP contribution in [-0.4, -0.2) is 29.6 Å². The fraction of sp³-hybridized carbons (Fsp3) is 0.733. The summed E-state index contributed by atoms with van der Waals surface area (Å²) in [5.41, 5.74) is 0.401. The van der Waals surface area contributed by atoms with Gasteiger partial charge in [-0.3, -0.25) is 4.90 Å². The third-order valence-corrected chi connectivity index (χ3v) is 4.71. The molecule has 1 unspecified atom stereocenters. The molecule has 3 rings (SSSR count). The van der Waals surface area contributed by atoms with Gasteiger partial charge in [-0.25, -0.2) is 0 Å². The SMILES string of the molecule is CCC1CNC2(CCCC2)CN1Cc1ccco1. The first-order chi connectivity index (χ1) is 8.81. The van der Waals surface area contributed by atoms with E-state index in [0.29, 0.717) is 11.6 Å². The molecule has 3 heteroatoms. The molecule has 0 radical (unpaired) electrons. The van der Waals surface area contributed by atoms with Crippen LogP contribution >= 0.6 is 0 Å². The van der Waals surface area contributed by atoms with E-state index in [2.05, 4.69) is 23.2 Å². The standard InChI is InChI=1S/C15H24N2O/c1-2-13-10-16-15(7-3-4-8-15)12-17(13)11-14-6-5-9-18-14/h5-6,9,13,16H,2-4,7-8,10-12H2,1H3. The molecule has 1 aromatic rings. The zero-order chi connectivity index (χ0) is 12.4. The van der Waals surface area contributed by atoms with Gasteiger partial charge in [-0.2, -0.15) is 0 Å². The van der Waals surface area contributed by atoms with E-state index in [1.807, 2.05) is 6.07 Å². The van der Waals surface area contributed by atoms with Gasteiger partial charge >= 0.3 is 0 Å². The van der Waals surface area contributed by atoms with E-state index >= 15 is 0 Å². The molecular formula is C15H24N2O. The molecule has 100 valence electrons. The van der Waals surface area contributed by atoms with Gasteiger partial charge in [-0.15, -0.1) is 0 Å².